The zero-order chi connectivity index (χ0) is 20.4. The van der Waals surface area contributed by atoms with E-state index in [9.17, 15) is 4.39 Å². The SMILES string of the molecule is CN(C)CCN1C(=S)N[C@H](c2ccccn2)[C@H]1c1ccc(-c2ccc(F)cc2)o1. The van der Waals surface area contributed by atoms with Crippen LogP contribution in [0.1, 0.15) is 23.5 Å². The lowest BCUT2D eigenvalue weighted by atomic mass is 10.0. The van der Waals surface area contributed by atoms with Crippen LogP contribution in [0.15, 0.2) is 65.2 Å². The van der Waals surface area contributed by atoms with Crippen molar-refractivity contribution in [1.29, 1.82) is 0 Å². The zero-order valence-corrected chi connectivity index (χ0v) is 17.2. The summed E-state index contributed by atoms with van der Waals surface area (Å²) in [5.74, 6) is 1.23. The third kappa shape index (κ3) is 4.16. The number of aromatic nitrogens is 1. The van der Waals surface area contributed by atoms with E-state index in [1.807, 2.05) is 44.4 Å². The highest BCUT2D eigenvalue weighted by Crippen LogP contribution is 2.40. The minimum absolute atomic E-state index is 0.113. The first kappa shape index (κ1) is 19.5. The number of benzene rings is 1. The predicted octanol–water partition coefficient (Wildman–Crippen LogP) is 4.01. The van der Waals surface area contributed by atoms with Gasteiger partial charge in [0.25, 0.3) is 0 Å². The van der Waals surface area contributed by atoms with E-state index in [4.69, 9.17) is 16.6 Å². The lowest BCUT2D eigenvalue weighted by Gasteiger charge is -2.27. The van der Waals surface area contributed by atoms with Crippen molar-refractivity contribution in [3.8, 4) is 11.3 Å². The fourth-order valence-corrected chi connectivity index (χ4v) is 3.88. The van der Waals surface area contributed by atoms with Crippen LogP contribution in [-0.4, -0.2) is 47.1 Å². The molecule has 4 rings (SSSR count). The van der Waals surface area contributed by atoms with E-state index in [0.717, 1.165) is 30.1 Å². The number of hydrogen-bond donors (Lipinski definition) is 1. The average molecular weight is 411 g/mol. The van der Waals surface area contributed by atoms with Crippen molar-refractivity contribution >= 4 is 17.3 Å². The highest BCUT2D eigenvalue weighted by atomic mass is 32.1. The third-order valence-corrected chi connectivity index (χ3v) is 5.39. The molecule has 0 radical (unpaired) electrons. The largest absolute Gasteiger partial charge is 0.459 e. The molecular formula is C22H23FN4OS. The maximum Gasteiger partial charge on any atom is 0.170 e. The van der Waals surface area contributed by atoms with Gasteiger partial charge in [-0.25, -0.2) is 4.39 Å². The van der Waals surface area contributed by atoms with Crippen molar-refractivity contribution in [2.24, 2.45) is 0 Å². The van der Waals surface area contributed by atoms with E-state index in [-0.39, 0.29) is 17.9 Å². The van der Waals surface area contributed by atoms with E-state index in [0.29, 0.717) is 10.9 Å². The quantitative estimate of drug-likeness (QED) is 0.620. The molecule has 1 aliphatic rings. The Labute approximate surface area is 175 Å². The van der Waals surface area contributed by atoms with E-state index in [2.05, 4.69) is 20.1 Å². The van der Waals surface area contributed by atoms with Crippen LogP contribution in [0.4, 0.5) is 4.39 Å². The molecule has 0 aliphatic carbocycles. The van der Waals surface area contributed by atoms with E-state index in [1.165, 1.54) is 12.1 Å². The molecule has 29 heavy (non-hydrogen) atoms. The molecule has 0 amide bonds. The summed E-state index contributed by atoms with van der Waals surface area (Å²) in [6, 6.07) is 15.8. The van der Waals surface area contributed by atoms with Crippen molar-refractivity contribution in [3.63, 3.8) is 0 Å². The second-order valence-corrected chi connectivity index (χ2v) is 7.72. The second-order valence-electron chi connectivity index (χ2n) is 7.33. The van der Waals surface area contributed by atoms with Gasteiger partial charge in [-0.1, -0.05) is 6.07 Å². The van der Waals surface area contributed by atoms with Crippen LogP contribution in [0, 0.1) is 5.82 Å². The average Bonchev–Trinajstić information content (AvgIpc) is 3.32. The van der Waals surface area contributed by atoms with Crippen molar-refractivity contribution in [1.82, 2.24) is 20.1 Å². The maximum atomic E-state index is 13.3. The Balaban J connectivity index is 1.69. The van der Waals surface area contributed by atoms with Crippen molar-refractivity contribution in [2.75, 3.05) is 27.2 Å². The van der Waals surface area contributed by atoms with Crippen LogP contribution in [0.5, 0.6) is 0 Å². The Bertz CT molecular complexity index is 974. The summed E-state index contributed by atoms with van der Waals surface area (Å²) >= 11 is 5.65. The highest BCUT2D eigenvalue weighted by Gasteiger charge is 2.41. The molecule has 1 aliphatic heterocycles. The molecule has 0 unspecified atom stereocenters. The standard InChI is InChI=1S/C22H23FN4OS/c1-26(2)13-14-27-21(20(25-22(27)29)17-5-3-4-12-24-17)19-11-10-18(28-19)15-6-8-16(23)9-7-15/h3-12,20-21H,13-14H2,1-2H3,(H,25,29)/t20-,21-/m1/s1. The van der Waals surface area contributed by atoms with Crippen molar-refractivity contribution < 1.29 is 8.81 Å². The summed E-state index contributed by atoms with van der Waals surface area (Å²) in [4.78, 5) is 8.81. The molecule has 0 saturated carbocycles. The Morgan fingerprint density at radius 3 is 2.62 bits per heavy atom. The molecule has 1 fully saturated rings. The van der Waals surface area contributed by atoms with Gasteiger partial charge in [-0.2, -0.15) is 0 Å². The van der Waals surface area contributed by atoms with Gasteiger partial charge in [0.1, 0.15) is 23.4 Å². The molecule has 1 saturated heterocycles. The van der Waals surface area contributed by atoms with Gasteiger partial charge in [0.2, 0.25) is 0 Å². The summed E-state index contributed by atoms with van der Waals surface area (Å²) in [6.45, 7) is 1.62. The topological polar surface area (TPSA) is 44.5 Å². The van der Waals surface area contributed by atoms with Crippen LogP contribution in [-0.2, 0) is 0 Å². The zero-order valence-electron chi connectivity index (χ0n) is 16.4. The van der Waals surface area contributed by atoms with Crippen molar-refractivity contribution in [2.45, 2.75) is 12.1 Å². The van der Waals surface area contributed by atoms with Crippen LogP contribution < -0.4 is 5.32 Å². The minimum Gasteiger partial charge on any atom is -0.459 e. The first-order chi connectivity index (χ1) is 14.0. The number of thiocarbonyl (C=S) groups is 1. The Morgan fingerprint density at radius 2 is 1.93 bits per heavy atom. The Kier molecular flexibility index (Phi) is 5.60. The van der Waals surface area contributed by atoms with Crippen LogP contribution in [0.2, 0.25) is 0 Å². The molecule has 1 N–H and O–H groups in total. The molecule has 1 aromatic carbocycles. The van der Waals surface area contributed by atoms with Crippen molar-refractivity contribution in [3.05, 3.63) is 78.1 Å². The third-order valence-electron chi connectivity index (χ3n) is 5.03. The van der Waals surface area contributed by atoms with Gasteiger partial charge in [-0.15, -0.1) is 0 Å². The van der Waals surface area contributed by atoms with Crippen LogP contribution >= 0.6 is 12.2 Å². The Hall–Kier alpha value is -2.77. The van der Waals surface area contributed by atoms with Gasteiger partial charge >= 0.3 is 0 Å². The molecule has 3 aromatic rings. The van der Waals surface area contributed by atoms with E-state index < -0.39 is 0 Å². The van der Waals surface area contributed by atoms with Gasteiger partial charge in [0.15, 0.2) is 5.11 Å². The normalized spacial score (nSPS) is 19.0. The summed E-state index contributed by atoms with van der Waals surface area (Å²) < 4.78 is 19.5. The van der Waals surface area contributed by atoms with Gasteiger partial charge in [0, 0.05) is 24.8 Å². The number of furan rings is 1. The van der Waals surface area contributed by atoms with E-state index >= 15 is 0 Å². The molecular weight excluding hydrogens is 387 g/mol. The monoisotopic (exact) mass is 410 g/mol. The molecule has 0 bridgehead atoms. The second kappa shape index (κ2) is 8.31. The van der Waals surface area contributed by atoms with Crippen LogP contribution in [0.3, 0.4) is 0 Å². The summed E-state index contributed by atoms with van der Waals surface area (Å²) in [5.41, 5.74) is 1.74. The molecule has 2 aromatic heterocycles. The van der Waals surface area contributed by atoms with Gasteiger partial charge < -0.3 is 19.5 Å². The summed E-state index contributed by atoms with van der Waals surface area (Å²) in [5, 5.41) is 4.10. The van der Waals surface area contributed by atoms with Gasteiger partial charge in [-0.05, 0) is 74.8 Å². The maximum absolute atomic E-state index is 13.3. The van der Waals surface area contributed by atoms with E-state index in [1.54, 1.807) is 18.3 Å². The first-order valence-corrected chi connectivity index (χ1v) is 9.92. The van der Waals surface area contributed by atoms with Gasteiger partial charge in [0.05, 0.1) is 11.7 Å². The molecule has 2 atom stereocenters. The molecule has 150 valence electrons. The lowest BCUT2D eigenvalue weighted by Crippen LogP contribution is -2.35. The number of rotatable bonds is 6. The number of halogens is 1. The number of nitrogens with one attached hydrogen (secondary N) is 1. The minimum atomic E-state index is -0.268. The fourth-order valence-electron chi connectivity index (χ4n) is 3.54. The molecule has 0 spiro atoms. The van der Waals surface area contributed by atoms with Gasteiger partial charge in [-0.3, -0.25) is 4.98 Å². The summed E-state index contributed by atoms with van der Waals surface area (Å²) in [6.07, 6.45) is 1.78. The molecule has 5 nitrogen and oxygen atoms in total. The fraction of sp³-hybridized carbons (Fsp3) is 0.273. The summed E-state index contributed by atoms with van der Waals surface area (Å²) in [7, 11) is 4.08. The number of hydrogen-bond acceptors (Lipinski definition) is 4. The smallest absolute Gasteiger partial charge is 0.170 e. The number of nitrogens with zero attached hydrogens (tertiary/aromatic N) is 3. The Morgan fingerprint density at radius 1 is 1.14 bits per heavy atom. The lowest BCUT2D eigenvalue weighted by molar-refractivity contribution is 0.250. The van der Waals surface area contributed by atoms with Crippen LogP contribution in [0.25, 0.3) is 11.3 Å². The predicted molar refractivity (Wildman–Crippen MR) is 115 cm³/mol. The molecule has 7 heteroatoms. The number of likely N-dealkylation sites (N-methyl/N-ethyl adjacent to an activating group) is 1. The highest BCUT2D eigenvalue weighted by molar-refractivity contribution is 7.80. The molecule has 3 heterocycles. The first-order valence-electron chi connectivity index (χ1n) is 9.51. The number of pyridine rings is 1.